The molecule has 2 aromatic carbocycles. The first-order valence-corrected chi connectivity index (χ1v) is 11.6. The average molecular weight is 445 g/mol. The predicted molar refractivity (Wildman–Crippen MR) is 124 cm³/mol. The number of carbonyl (C=O) groups is 2. The Balaban J connectivity index is 1.82. The molecule has 6 nitrogen and oxygen atoms in total. The van der Waals surface area contributed by atoms with E-state index in [4.69, 9.17) is 11.6 Å². The lowest BCUT2D eigenvalue weighted by Gasteiger charge is -2.19. The Hall–Kier alpha value is -2.51. The lowest BCUT2D eigenvalue weighted by Crippen LogP contribution is -2.44. The zero-order valence-corrected chi connectivity index (χ0v) is 18.6. The minimum Gasteiger partial charge on any atom is -0.340 e. The summed E-state index contributed by atoms with van der Waals surface area (Å²) in [4.78, 5) is 30.4. The van der Waals surface area contributed by atoms with Gasteiger partial charge in [-0.1, -0.05) is 42.8 Å². The van der Waals surface area contributed by atoms with E-state index in [0.29, 0.717) is 23.0 Å². The van der Waals surface area contributed by atoms with Crippen LogP contribution in [-0.4, -0.2) is 39.4 Å². The lowest BCUT2D eigenvalue weighted by atomic mass is 10.1. The molecule has 0 radical (unpaired) electrons. The van der Waals surface area contributed by atoms with Gasteiger partial charge in [0, 0.05) is 6.54 Å². The van der Waals surface area contributed by atoms with Gasteiger partial charge in [-0.25, -0.2) is 4.98 Å². The molecule has 0 saturated heterocycles. The normalized spacial score (nSPS) is 12.0. The van der Waals surface area contributed by atoms with Gasteiger partial charge in [-0.2, -0.15) is 11.8 Å². The van der Waals surface area contributed by atoms with Gasteiger partial charge >= 0.3 is 0 Å². The van der Waals surface area contributed by atoms with Crippen LogP contribution >= 0.6 is 23.4 Å². The van der Waals surface area contributed by atoms with Gasteiger partial charge in [0.2, 0.25) is 11.9 Å². The van der Waals surface area contributed by atoms with E-state index in [0.717, 1.165) is 29.8 Å². The summed E-state index contributed by atoms with van der Waals surface area (Å²) in [5.41, 5.74) is 2.14. The number of nitrogens with one attached hydrogen (secondary N) is 2. The van der Waals surface area contributed by atoms with Gasteiger partial charge in [0.25, 0.3) is 5.91 Å². The molecule has 2 N–H and O–H groups in total. The van der Waals surface area contributed by atoms with Crippen LogP contribution < -0.4 is 10.6 Å². The summed E-state index contributed by atoms with van der Waals surface area (Å²) in [7, 11) is 0. The van der Waals surface area contributed by atoms with Gasteiger partial charge in [0.05, 0.1) is 21.6 Å². The van der Waals surface area contributed by atoms with Crippen LogP contribution in [0.3, 0.4) is 0 Å². The molecular formula is C22H25ClN4O2S. The van der Waals surface area contributed by atoms with Gasteiger partial charge < -0.3 is 9.88 Å². The van der Waals surface area contributed by atoms with Crippen molar-refractivity contribution in [3.8, 4) is 0 Å². The third-order valence-corrected chi connectivity index (χ3v) is 5.66. The number of nitrogens with zero attached hydrogens (tertiary/aromatic N) is 2. The number of benzene rings is 2. The van der Waals surface area contributed by atoms with Crippen molar-refractivity contribution in [1.29, 1.82) is 0 Å². The van der Waals surface area contributed by atoms with Gasteiger partial charge in [-0.3, -0.25) is 14.9 Å². The minimum absolute atomic E-state index is 0.294. The topological polar surface area (TPSA) is 76.0 Å². The molecule has 2 amide bonds. The van der Waals surface area contributed by atoms with Gasteiger partial charge in [-0.05, 0) is 49.1 Å². The van der Waals surface area contributed by atoms with Gasteiger partial charge in [-0.15, -0.1) is 0 Å². The van der Waals surface area contributed by atoms with Crippen LogP contribution in [0.15, 0.2) is 48.5 Å². The molecule has 0 spiro atoms. The van der Waals surface area contributed by atoms with E-state index in [1.165, 1.54) is 0 Å². The Bertz CT molecular complexity index is 1040. The number of carbonyl (C=O) groups excluding carboxylic acids is 2. The van der Waals surface area contributed by atoms with E-state index in [1.807, 2.05) is 35.1 Å². The number of aromatic nitrogens is 2. The number of amides is 2. The number of fused-ring (bicyclic) bond motifs is 1. The smallest absolute Gasteiger partial charge is 0.253 e. The molecule has 1 aromatic heterocycles. The molecule has 0 aliphatic carbocycles. The van der Waals surface area contributed by atoms with Crippen LogP contribution in [0, 0.1) is 0 Å². The fourth-order valence-electron chi connectivity index (χ4n) is 3.20. The molecule has 158 valence electrons. The molecule has 1 heterocycles. The maximum absolute atomic E-state index is 13.1. The fourth-order valence-corrected chi connectivity index (χ4v) is 3.90. The maximum atomic E-state index is 13.1. The van der Waals surface area contributed by atoms with E-state index >= 15 is 0 Å². The van der Waals surface area contributed by atoms with Crippen LogP contribution in [0.5, 0.6) is 0 Å². The Labute approximate surface area is 185 Å². The highest BCUT2D eigenvalue weighted by Gasteiger charge is 2.24. The quantitative estimate of drug-likeness (QED) is 0.506. The Morgan fingerprint density at radius 3 is 2.63 bits per heavy atom. The van der Waals surface area contributed by atoms with E-state index in [9.17, 15) is 9.59 Å². The van der Waals surface area contributed by atoms with E-state index in [2.05, 4.69) is 22.5 Å². The van der Waals surface area contributed by atoms with E-state index in [-0.39, 0.29) is 11.8 Å². The summed E-state index contributed by atoms with van der Waals surface area (Å²) in [5.74, 6) is 0.553. The first-order valence-electron chi connectivity index (χ1n) is 9.85. The Morgan fingerprint density at radius 1 is 1.17 bits per heavy atom. The number of thioether (sulfide) groups is 1. The largest absolute Gasteiger partial charge is 0.340 e. The third-order valence-electron chi connectivity index (χ3n) is 4.69. The number of halogens is 1. The summed E-state index contributed by atoms with van der Waals surface area (Å²) < 4.78 is 1.99. The van der Waals surface area contributed by atoms with Crippen molar-refractivity contribution in [2.24, 2.45) is 0 Å². The molecule has 0 fully saturated rings. The number of rotatable bonds is 9. The zero-order valence-electron chi connectivity index (χ0n) is 17.0. The average Bonchev–Trinajstić information content (AvgIpc) is 3.08. The SMILES string of the molecule is CCCn1c(NC(=O)[C@@H](CCSC)NC(=O)c2ccccc2Cl)nc2ccccc21. The molecule has 3 aromatic rings. The molecule has 0 saturated carbocycles. The molecule has 0 aliphatic rings. The van der Waals surface area contributed by atoms with Crippen LogP contribution in [0.25, 0.3) is 11.0 Å². The number of para-hydroxylation sites is 2. The van der Waals surface area contributed by atoms with Crippen LogP contribution in [-0.2, 0) is 11.3 Å². The summed E-state index contributed by atoms with van der Waals surface area (Å²) >= 11 is 7.75. The van der Waals surface area contributed by atoms with Crippen molar-refractivity contribution in [3.05, 3.63) is 59.1 Å². The number of imidazole rings is 1. The Kier molecular flexibility index (Phi) is 7.76. The van der Waals surface area contributed by atoms with Crippen LogP contribution in [0.4, 0.5) is 5.95 Å². The molecule has 0 aliphatic heterocycles. The fraction of sp³-hybridized carbons (Fsp3) is 0.318. The second kappa shape index (κ2) is 10.5. The van der Waals surface area contributed by atoms with Gasteiger partial charge in [0.1, 0.15) is 6.04 Å². The number of hydrogen-bond donors (Lipinski definition) is 2. The summed E-state index contributed by atoms with van der Waals surface area (Å²) in [5, 5.41) is 6.10. The summed E-state index contributed by atoms with van der Waals surface area (Å²) in [6.45, 7) is 2.81. The predicted octanol–water partition coefficient (Wildman–Crippen LogP) is 4.59. The van der Waals surface area contributed by atoms with Crippen molar-refractivity contribution in [2.45, 2.75) is 32.4 Å². The lowest BCUT2D eigenvalue weighted by molar-refractivity contribution is -0.118. The maximum Gasteiger partial charge on any atom is 0.253 e. The number of anilines is 1. The van der Waals surface area contributed by atoms with Crippen LogP contribution in [0.1, 0.15) is 30.1 Å². The number of aryl methyl sites for hydroxylation is 1. The van der Waals surface area contributed by atoms with Gasteiger partial charge in [0.15, 0.2) is 0 Å². The molecule has 3 rings (SSSR count). The summed E-state index contributed by atoms with van der Waals surface area (Å²) in [6, 6.07) is 13.9. The first kappa shape index (κ1) is 22.2. The molecule has 0 unspecified atom stereocenters. The third kappa shape index (κ3) is 5.15. The monoisotopic (exact) mass is 444 g/mol. The van der Waals surface area contributed by atoms with Crippen molar-refractivity contribution < 1.29 is 9.59 Å². The standard InChI is InChI=1S/C22H25ClN4O2S/c1-3-13-27-19-11-7-6-10-17(19)25-22(27)26-21(29)18(12-14-30-2)24-20(28)15-8-4-5-9-16(15)23/h4-11,18H,3,12-14H2,1-2H3,(H,24,28)(H,25,26,29)/t18-/m1/s1. The highest BCUT2D eigenvalue weighted by Crippen LogP contribution is 2.21. The second-order valence-electron chi connectivity index (χ2n) is 6.85. The Morgan fingerprint density at radius 2 is 1.90 bits per heavy atom. The van der Waals surface area contributed by atoms with Crippen molar-refractivity contribution in [2.75, 3.05) is 17.3 Å². The molecule has 0 bridgehead atoms. The van der Waals surface area contributed by atoms with E-state index in [1.54, 1.807) is 36.0 Å². The van der Waals surface area contributed by atoms with Crippen molar-refractivity contribution in [3.63, 3.8) is 0 Å². The van der Waals surface area contributed by atoms with Crippen LogP contribution in [0.2, 0.25) is 5.02 Å². The van der Waals surface area contributed by atoms with Crippen molar-refractivity contribution in [1.82, 2.24) is 14.9 Å². The minimum atomic E-state index is -0.698. The second-order valence-corrected chi connectivity index (χ2v) is 8.25. The number of hydrogen-bond acceptors (Lipinski definition) is 4. The van der Waals surface area contributed by atoms with Crippen molar-refractivity contribution >= 4 is 52.2 Å². The highest BCUT2D eigenvalue weighted by atomic mass is 35.5. The molecule has 1 atom stereocenters. The first-order chi connectivity index (χ1) is 14.5. The summed E-state index contributed by atoms with van der Waals surface area (Å²) in [6.07, 6.45) is 3.37. The molecule has 30 heavy (non-hydrogen) atoms. The van der Waals surface area contributed by atoms with E-state index < -0.39 is 6.04 Å². The zero-order chi connectivity index (χ0) is 21.5. The molecule has 8 heteroatoms. The molecular weight excluding hydrogens is 420 g/mol. The highest BCUT2D eigenvalue weighted by molar-refractivity contribution is 7.98.